The van der Waals surface area contributed by atoms with Crippen molar-refractivity contribution in [3.05, 3.63) is 24.2 Å². The molecule has 2 aromatic rings. The van der Waals surface area contributed by atoms with Crippen LogP contribution in [0.2, 0.25) is 0 Å². The number of likely N-dealkylation sites (tertiary alicyclic amines) is 1. The lowest BCUT2D eigenvalue weighted by molar-refractivity contribution is -0.133. The predicted octanol–water partition coefficient (Wildman–Crippen LogP) is 0.955. The average Bonchev–Trinajstić information content (AvgIpc) is 3.39. The Bertz CT molecular complexity index is 754. The van der Waals surface area contributed by atoms with Crippen LogP contribution in [0.3, 0.4) is 0 Å². The zero-order chi connectivity index (χ0) is 17.9. The van der Waals surface area contributed by atoms with Gasteiger partial charge in [0, 0.05) is 39.8 Å². The molecule has 140 valence electrons. The van der Waals surface area contributed by atoms with Crippen LogP contribution in [0.25, 0.3) is 0 Å². The molecule has 8 nitrogen and oxygen atoms in total. The maximum Gasteiger partial charge on any atom is 0.241 e. The van der Waals surface area contributed by atoms with Crippen LogP contribution in [0.5, 0.6) is 0 Å². The summed E-state index contributed by atoms with van der Waals surface area (Å²) in [5, 5.41) is 12.9. The van der Waals surface area contributed by atoms with E-state index in [1.807, 2.05) is 28.6 Å². The van der Waals surface area contributed by atoms with Crippen molar-refractivity contribution in [1.82, 2.24) is 29.9 Å². The zero-order valence-corrected chi connectivity index (χ0v) is 15.7. The van der Waals surface area contributed by atoms with Crippen LogP contribution in [0.15, 0.2) is 33.1 Å². The fourth-order valence-electron chi connectivity index (χ4n) is 3.45. The Labute approximate surface area is 156 Å². The quantitative estimate of drug-likeness (QED) is 0.832. The number of piperazine rings is 1. The molecule has 2 saturated heterocycles. The van der Waals surface area contributed by atoms with Crippen LogP contribution < -0.4 is 5.32 Å². The van der Waals surface area contributed by atoms with Gasteiger partial charge in [-0.3, -0.25) is 9.69 Å². The Kier molecular flexibility index (Phi) is 5.28. The van der Waals surface area contributed by atoms with Gasteiger partial charge in [0.25, 0.3) is 0 Å². The fourth-order valence-corrected chi connectivity index (χ4v) is 4.20. The minimum Gasteiger partial charge on any atom is -0.453 e. The number of hydrogen-bond donors (Lipinski definition) is 1. The molecule has 4 rings (SSSR count). The first-order chi connectivity index (χ1) is 12.7. The van der Waals surface area contributed by atoms with E-state index in [4.69, 9.17) is 4.42 Å². The molecule has 0 radical (unpaired) electrons. The molecule has 1 N–H and O–H groups in total. The molecule has 2 aliphatic rings. The van der Waals surface area contributed by atoms with E-state index in [0.717, 1.165) is 61.6 Å². The fraction of sp³-hybridized carbons (Fsp3) is 0.588. The van der Waals surface area contributed by atoms with Gasteiger partial charge in [-0.1, -0.05) is 0 Å². The molecular weight excluding hydrogens is 352 g/mol. The molecule has 0 aliphatic carbocycles. The lowest BCUT2D eigenvalue weighted by Crippen LogP contribution is -2.57. The average molecular weight is 376 g/mol. The highest BCUT2D eigenvalue weighted by molar-refractivity contribution is 7.99. The Morgan fingerprint density at radius 3 is 2.96 bits per heavy atom. The van der Waals surface area contributed by atoms with Gasteiger partial charge in [-0.2, -0.15) is 0 Å². The lowest BCUT2D eigenvalue weighted by Gasteiger charge is -2.34. The normalized spacial score (nSPS) is 21.4. The van der Waals surface area contributed by atoms with Gasteiger partial charge in [0.2, 0.25) is 5.91 Å². The highest BCUT2D eigenvalue weighted by Crippen LogP contribution is 2.27. The maximum absolute atomic E-state index is 12.6. The van der Waals surface area contributed by atoms with E-state index in [-0.39, 0.29) is 11.9 Å². The second-order valence-electron chi connectivity index (χ2n) is 6.82. The molecular formula is C17H24N6O2S. The molecule has 1 amide bonds. The second-order valence-corrected chi connectivity index (χ2v) is 7.79. The van der Waals surface area contributed by atoms with Crippen molar-refractivity contribution in [2.45, 2.75) is 35.7 Å². The van der Waals surface area contributed by atoms with Crippen molar-refractivity contribution in [1.29, 1.82) is 0 Å². The van der Waals surface area contributed by atoms with E-state index in [9.17, 15) is 4.79 Å². The predicted molar refractivity (Wildman–Crippen MR) is 96.7 cm³/mol. The summed E-state index contributed by atoms with van der Waals surface area (Å²) in [4.78, 5) is 16.9. The molecule has 2 aromatic heterocycles. The first-order valence-corrected chi connectivity index (χ1v) is 9.86. The van der Waals surface area contributed by atoms with Crippen LogP contribution in [0, 0.1) is 0 Å². The molecule has 4 heterocycles. The van der Waals surface area contributed by atoms with E-state index >= 15 is 0 Å². The van der Waals surface area contributed by atoms with Crippen LogP contribution in [-0.2, 0) is 18.4 Å². The summed E-state index contributed by atoms with van der Waals surface area (Å²) in [7, 11) is 1.91. The summed E-state index contributed by atoms with van der Waals surface area (Å²) >= 11 is 1.46. The van der Waals surface area contributed by atoms with Gasteiger partial charge in [-0.25, -0.2) is 0 Å². The lowest BCUT2D eigenvalue weighted by atomic mass is 10.2. The largest absolute Gasteiger partial charge is 0.453 e. The van der Waals surface area contributed by atoms with Crippen molar-refractivity contribution in [2.75, 3.05) is 32.7 Å². The summed E-state index contributed by atoms with van der Waals surface area (Å²) in [6.07, 6.45) is 3.92. The van der Waals surface area contributed by atoms with Gasteiger partial charge in [-0.15, -0.1) is 10.2 Å². The molecule has 0 spiro atoms. The number of carbonyl (C=O) groups excluding carboxylic acids is 1. The third kappa shape index (κ3) is 3.94. The number of amides is 1. The molecule has 0 saturated carbocycles. The van der Waals surface area contributed by atoms with Crippen LogP contribution in [0.4, 0.5) is 0 Å². The minimum absolute atomic E-state index is 0.107. The molecule has 0 aromatic carbocycles. The third-order valence-electron chi connectivity index (χ3n) is 4.85. The summed E-state index contributed by atoms with van der Waals surface area (Å²) in [5.74, 6) is 1.15. The van der Waals surface area contributed by atoms with Crippen LogP contribution in [0.1, 0.15) is 18.6 Å². The molecule has 9 heteroatoms. The molecule has 0 bridgehead atoms. The van der Waals surface area contributed by atoms with Gasteiger partial charge in [0.15, 0.2) is 10.2 Å². The van der Waals surface area contributed by atoms with Crippen molar-refractivity contribution in [3.63, 3.8) is 0 Å². The third-order valence-corrected chi connectivity index (χ3v) is 5.83. The van der Waals surface area contributed by atoms with Crippen molar-refractivity contribution in [2.24, 2.45) is 7.05 Å². The second kappa shape index (κ2) is 7.81. The van der Waals surface area contributed by atoms with Gasteiger partial charge >= 0.3 is 0 Å². The number of carbonyl (C=O) groups is 1. The number of hydrogen-bond acceptors (Lipinski definition) is 7. The van der Waals surface area contributed by atoms with Gasteiger partial charge < -0.3 is 19.2 Å². The Morgan fingerprint density at radius 2 is 2.19 bits per heavy atom. The number of aryl methyl sites for hydroxylation is 1. The maximum atomic E-state index is 12.6. The first-order valence-electron chi connectivity index (χ1n) is 9.04. The first kappa shape index (κ1) is 17.6. The highest BCUT2D eigenvalue weighted by Gasteiger charge is 2.30. The molecule has 26 heavy (non-hydrogen) atoms. The minimum atomic E-state index is -0.107. The van der Waals surface area contributed by atoms with E-state index in [2.05, 4.69) is 20.4 Å². The number of aromatic nitrogens is 3. The van der Waals surface area contributed by atoms with Crippen LogP contribution >= 0.6 is 11.8 Å². The van der Waals surface area contributed by atoms with Crippen molar-refractivity contribution >= 4 is 17.7 Å². The Balaban J connectivity index is 1.33. The summed E-state index contributed by atoms with van der Waals surface area (Å²) in [6.45, 7) is 4.98. The molecule has 2 aliphatic heterocycles. The van der Waals surface area contributed by atoms with Gasteiger partial charge in [0.05, 0.1) is 12.6 Å². The van der Waals surface area contributed by atoms with E-state index in [0.29, 0.717) is 6.54 Å². The monoisotopic (exact) mass is 376 g/mol. The standard InChI is InChI=1S/C17H24N6O2S/c1-21-12-19-20-17(21)26-15-5-4-13(25-15)10-22-9-6-18-14(11-22)16(24)23-7-2-3-8-23/h4-5,12,14,18H,2-3,6-11H2,1H3/t14-/m1/s1. The molecule has 2 fully saturated rings. The number of rotatable bonds is 5. The summed E-state index contributed by atoms with van der Waals surface area (Å²) < 4.78 is 7.79. The van der Waals surface area contributed by atoms with E-state index in [1.165, 1.54) is 11.8 Å². The zero-order valence-electron chi connectivity index (χ0n) is 14.9. The number of nitrogens with zero attached hydrogens (tertiary/aromatic N) is 5. The Morgan fingerprint density at radius 1 is 1.35 bits per heavy atom. The summed E-state index contributed by atoms with van der Waals surface area (Å²) in [5.41, 5.74) is 0. The van der Waals surface area contributed by atoms with E-state index in [1.54, 1.807) is 6.33 Å². The number of nitrogens with one attached hydrogen (secondary N) is 1. The highest BCUT2D eigenvalue weighted by atomic mass is 32.2. The SMILES string of the molecule is Cn1cnnc1Sc1ccc(CN2CCN[C@@H](C(=O)N3CCCC3)C2)o1. The van der Waals surface area contributed by atoms with E-state index < -0.39 is 0 Å². The van der Waals surface area contributed by atoms with Gasteiger partial charge in [-0.05, 0) is 36.7 Å². The molecule has 1 atom stereocenters. The molecule has 0 unspecified atom stereocenters. The Hall–Kier alpha value is -1.84. The van der Waals surface area contributed by atoms with Crippen LogP contribution in [-0.4, -0.2) is 69.2 Å². The topological polar surface area (TPSA) is 79.4 Å². The summed E-state index contributed by atoms with van der Waals surface area (Å²) in [6, 6.07) is 3.85. The van der Waals surface area contributed by atoms with Crippen molar-refractivity contribution < 1.29 is 9.21 Å². The number of furan rings is 1. The van der Waals surface area contributed by atoms with Crippen molar-refractivity contribution in [3.8, 4) is 0 Å². The van der Waals surface area contributed by atoms with Gasteiger partial charge in [0.1, 0.15) is 12.1 Å². The smallest absolute Gasteiger partial charge is 0.241 e.